The highest BCUT2D eigenvalue weighted by atomic mass is 16.2. The van der Waals surface area contributed by atoms with Gasteiger partial charge in [-0.3, -0.25) is 9.59 Å². The van der Waals surface area contributed by atoms with Crippen LogP contribution in [-0.4, -0.2) is 36.3 Å². The molecule has 5 nitrogen and oxygen atoms in total. The summed E-state index contributed by atoms with van der Waals surface area (Å²) in [6, 6.07) is 0.230. The topological polar surface area (TPSA) is 89.4 Å². The number of rotatable bonds is 4. The molecule has 2 amide bonds. The Morgan fingerprint density at radius 1 is 1.38 bits per heavy atom. The van der Waals surface area contributed by atoms with Gasteiger partial charge in [0.05, 0.1) is 6.54 Å². The zero-order valence-corrected chi connectivity index (χ0v) is 9.82. The molecule has 0 heterocycles. The molecule has 1 aliphatic carbocycles. The summed E-state index contributed by atoms with van der Waals surface area (Å²) in [6.07, 6.45) is 4.61. The number of hydrogen-bond acceptors (Lipinski definition) is 3. The van der Waals surface area contributed by atoms with Gasteiger partial charge in [-0.1, -0.05) is 6.42 Å². The zero-order chi connectivity index (χ0) is 12.1. The van der Waals surface area contributed by atoms with E-state index in [1.54, 1.807) is 7.05 Å². The van der Waals surface area contributed by atoms with Crippen molar-refractivity contribution in [3.8, 4) is 0 Å². The van der Waals surface area contributed by atoms with Crippen LogP contribution in [0.1, 0.15) is 32.1 Å². The second-order valence-corrected chi connectivity index (χ2v) is 4.71. The highest BCUT2D eigenvalue weighted by Crippen LogP contribution is 2.26. The van der Waals surface area contributed by atoms with E-state index in [1.165, 1.54) is 4.90 Å². The van der Waals surface area contributed by atoms with Gasteiger partial charge in [0.2, 0.25) is 11.8 Å². The maximum absolute atomic E-state index is 11.7. The van der Waals surface area contributed by atoms with Gasteiger partial charge in [0, 0.05) is 19.5 Å². The van der Waals surface area contributed by atoms with Crippen LogP contribution in [0.2, 0.25) is 0 Å². The molecule has 1 fully saturated rings. The molecule has 4 N–H and O–H groups in total. The molecule has 92 valence electrons. The number of amides is 2. The second kappa shape index (κ2) is 5.84. The first kappa shape index (κ1) is 13.0. The number of primary amides is 1. The number of hydrogen-bond donors (Lipinski definition) is 2. The average Bonchev–Trinajstić information content (AvgIpc) is 2.16. The maximum Gasteiger partial charge on any atom is 0.237 e. The zero-order valence-electron chi connectivity index (χ0n) is 9.82. The molecule has 1 saturated carbocycles. The van der Waals surface area contributed by atoms with Crippen molar-refractivity contribution in [2.45, 2.75) is 38.1 Å². The van der Waals surface area contributed by atoms with Crippen LogP contribution in [0.4, 0.5) is 0 Å². The Labute approximate surface area is 96.1 Å². The summed E-state index contributed by atoms with van der Waals surface area (Å²) in [5.74, 6) is -0.124. The highest BCUT2D eigenvalue weighted by molar-refractivity contribution is 5.83. The minimum atomic E-state index is -0.476. The van der Waals surface area contributed by atoms with E-state index in [9.17, 15) is 9.59 Å². The normalized spacial score (nSPS) is 25.1. The monoisotopic (exact) mass is 227 g/mol. The predicted octanol–water partition coefficient (Wildman–Crippen LogP) is -0.162. The first-order valence-electron chi connectivity index (χ1n) is 5.77. The van der Waals surface area contributed by atoms with Gasteiger partial charge in [-0.15, -0.1) is 0 Å². The van der Waals surface area contributed by atoms with E-state index in [0.717, 1.165) is 25.7 Å². The van der Waals surface area contributed by atoms with Crippen molar-refractivity contribution in [2.24, 2.45) is 17.4 Å². The molecule has 0 aromatic carbocycles. The Hall–Kier alpha value is -1.10. The molecular weight excluding hydrogens is 206 g/mol. The Kier molecular flexibility index (Phi) is 4.73. The second-order valence-electron chi connectivity index (χ2n) is 4.71. The predicted molar refractivity (Wildman–Crippen MR) is 61.4 cm³/mol. The van der Waals surface area contributed by atoms with Crippen LogP contribution >= 0.6 is 0 Å². The fourth-order valence-electron chi connectivity index (χ4n) is 2.24. The molecule has 0 aromatic heterocycles. The van der Waals surface area contributed by atoms with Gasteiger partial charge < -0.3 is 16.4 Å². The minimum Gasteiger partial charge on any atom is -0.368 e. The molecule has 2 atom stereocenters. The van der Waals surface area contributed by atoms with Gasteiger partial charge in [0.1, 0.15) is 0 Å². The standard InChI is InChI=1S/C11H21N3O2/c1-14(7-10(13)15)11(16)6-8-3-2-4-9(12)5-8/h8-9H,2-7,12H2,1H3,(H2,13,15). The van der Waals surface area contributed by atoms with Crippen molar-refractivity contribution < 1.29 is 9.59 Å². The molecule has 1 rings (SSSR count). The van der Waals surface area contributed by atoms with Crippen molar-refractivity contribution >= 4 is 11.8 Å². The van der Waals surface area contributed by atoms with Crippen LogP contribution in [0, 0.1) is 5.92 Å². The molecule has 5 heteroatoms. The van der Waals surface area contributed by atoms with Crippen molar-refractivity contribution in [1.29, 1.82) is 0 Å². The lowest BCUT2D eigenvalue weighted by Crippen LogP contribution is -2.37. The van der Waals surface area contributed by atoms with E-state index in [2.05, 4.69) is 0 Å². The average molecular weight is 227 g/mol. The van der Waals surface area contributed by atoms with Gasteiger partial charge in [0.15, 0.2) is 0 Å². The van der Waals surface area contributed by atoms with Gasteiger partial charge >= 0.3 is 0 Å². The van der Waals surface area contributed by atoms with Crippen LogP contribution in [0.25, 0.3) is 0 Å². The number of likely N-dealkylation sites (N-methyl/N-ethyl adjacent to an activating group) is 1. The van der Waals surface area contributed by atoms with Crippen LogP contribution in [0.15, 0.2) is 0 Å². The summed E-state index contributed by atoms with van der Waals surface area (Å²) in [5.41, 5.74) is 10.9. The number of carbonyl (C=O) groups is 2. The Bertz CT molecular complexity index is 268. The van der Waals surface area contributed by atoms with Crippen LogP contribution in [0.3, 0.4) is 0 Å². The smallest absolute Gasteiger partial charge is 0.237 e. The van der Waals surface area contributed by atoms with Crippen molar-refractivity contribution in [3.05, 3.63) is 0 Å². The van der Waals surface area contributed by atoms with E-state index >= 15 is 0 Å². The third kappa shape index (κ3) is 4.18. The van der Waals surface area contributed by atoms with Gasteiger partial charge in [-0.25, -0.2) is 0 Å². The van der Waals surface area contributed by atoms with E-state index in [1.807, 2.05) is 0 Å². The molecule has 16 heavy (non-hydrogen) atoms. The molecule has 0 aliphatic heterocycles. The fraction of sp³-hybridized carbons (Fsp3) is 0.818. The number of carbonyl (C=O) groups excluding carboxylic acids is 2. The fourth-order valence-corrected chi connectivity index (χ4v) is 2.24. The molecular formula is C11H21N3O2. The quantitative estimate of drug-likeness (QED) is 0.699. The van der Waals surface area contributed by atoms with Crippen molar-refractivity contribution in [3.63, 3.8) is 0 Å². The lowest BCUT2D eigenvalue weighted by molar-refractivity contribution is -0.134. The van der Waals surface area contributed by atoms with E-state index in [4.69, 9.17) is 11.5 Å². The first-order chi connectivity index (χ1) is 7.49. The van der Waals surface area contributed by atoms with Crippen LogP contribution < -0.4 is 11.5 Å². The van der Waals surface area contributed by atoms with Crippen LogP contribution in [-0.2, 0) is 9.59 Å². The molecule has 0 aromatic rings. The molecule has 0 bridgehead atoms. The first-order valence-corrected chi connectivity index (χ1v) is 5.77. The summed E-state index contributed by atoms with van der Waals surface area (Å²) in [5, 5.41) is 0. The highest BCUT2D eigenvalue weighted by Gasteiger charge is 2.23. The molecule has 0 spiro atoms. The molecule has 2 unspecified atom stereocenters. The van der Waals surface area contributed by atoms with E-state index < -0.39 is 5.91 Å². The Morgan fingerprint density at radius 2 is 2.06 bits per heavy atom. The van der Waals surface area contributed by atoms with Gasteiger partial charge in [-0.05, 0) is 25.2 Å². The molecule has 1 aliphatic rings. The third-order valence-corrected chi connectivity index (χ3v) is 3.11. The summed E-state index contributed by atoms with van der Waals surface area (Å²) in [6.45, 7) is -0.00237. The largest absolute Gasteiger partial charge is 0.368 e. The summed E-state index contributed by atoms with van der Waals surface area (Å²) in [7, 11) is 1.61. The lowest BCUT2D eigenvalue weighted by Gasteiger charge is -2.27. The van der Waals surface area contributed by atoms with Gasteiger partial charge in [-0.2, -0.15) is 0 Å². The van der Waals surface area contributed by atoms with Crippen LogP contribution in [0.5, 0.6) is 0 Å². The molecule has 0 radical (unpaired) electrons. The summed E-state index contributed by atoms with van der Waals surface area (Å²) in [4.78, 5) is 23.8. The summed E-state index contributed by atoms with van der Waals surface area (Å²) >= 11 is 0. The van der Waals surface area contributed by atoms with E-state index in [-0.39, 0.29) is 18.5 Å². The SMILES string of the molecule is CN(CC(N)=O)C(=O)CC1CCCC(N)C1. The van der Waals surface area contributed by atoms with Crippen molar-refractivity contribution in [1.82, 2.24) is 4.90 Å². The number of nitrogens with two attached hydrogens (primary N) is 2. The minimum absolute atomic E-state index is 0.00237. The lowest BCUT2D eigenvalue weighted by atomic mass is 9.84. The number of nitrogens with zero attached hydrogens (tertiary/aromatic N) is 1. The van der Waals surface area contributed by atoms with Crippen molar-refractivity contribution in [2.75, 3.05) is 13.6 Å². The third-order valence-electron chi connectivity index (χ3n) is 3.11. The van der Waals surface area contributed by atoms with Gasteiger partial charge in [0.25, 0.3) is 0 Å². The van der Waals surface area contributed by atoms with E-state index in [0.29, 0.717) is 12.3 Å². The molecule has 0 saturated heterocycles. The Balaban J connectivity index is 2.35. The maximum atomic E-state index is 11.7. The Morgan fingerprint density at radius 3 is 2.62 bits per heavy atom. The summed E-state index contributed by atoms with van der Waals surface area (Å²) < 4.78 is 0.